The van der Waals surface area contributed by atoms with Crippen LogP contribution in [0.15, 0.2) is 34.8 Å². The van der Waals surface area contributed by atoms with Crippen molar-refractivity contribution in [1.29, 1.82) is 0 Å². The molecule has 3 rings (SSSR count). The molecule has 26 heavy (non-hydrogen) atoms. The van der Waals surface area contributed by atoms with E-state index in [1.54, 1.807) is 18.2 Å². The quantitative estimate of drug-likeness (QED) is 0.676. The molecular weight excluding hydrogens is 439 g/mol. The standard InChI is InChI=1S/C19H17BrCl2N2O2/c1-10-6-13(7-11(2)17(10)20)23-19(26)12-8-16(25)24(9-12)15-5-3-4-14(21)18(15)22/h3-7,12H,8-9H2,1-2H3,(H,23,26)/t12-/m0/s1. The minimum Gasteiger partial charge on any atom is -0.326 e. The number of halogens is 3. The molecule has 0 unspecified atom stereocenters. The highest BCUT2D eigenvalue weighted by Gasteiger charge is 2.36. The zero-order valence-electron chi connectivity index (χ0n) is 14.3. The summed E-state index contributed by atoms with van der Waals surface area (Å²) in [4.78, 5) is 26.6. The van der Waals surface area contributed by atoms with Crippen LogP contribution in [-0.2, 0) is 9.59 Å². The first-order valence-corrected chi connectivity index (χ1v) is 9.65. The van der Waals surface area contributed by atoms with Crippen molar-refractivity contribution in [3.05, 3.63) is 56.0 Å². The first-order chi connectivity index (χ1) is 12.3. The minimum atomic E-state index is -0.443. The topological polar surface area (TPSA) is 49.4 Å². The van der Waals surface area contributed by atoms with E-state index in [4.69, 9.17) is 23.2 Å². The molecule has 0 saturated carbocycles. The summed E-state index contributed by atoms with van der Waals surface area (Å²) in [6, 6.07) is 8.93. The SMILES string of the molecule is Cc1cc(NC(=O)[C@H]2CC(=O)N(c3cccc(Cl)c3Cl)C2)cc(C)c1Br. The van der Waals surface area contributed by atoms with Crippen molar-refractivity contribution >= 4 is 62.3 Å². The van der Waals surface area contributed by atoms with Crippen LogP contribution < -0.4 is 10.2 Å². The fourth-order valence-electron chi connectivity index (χ4n) is 3.08. The van der Waals surface area contributed by atoms with Gasteiger partial charge in [0.2, 0.25) is 11.8 Å². The summed E-state index contributed by atoms with van der Waals surface area (Å²) < 4.78 is 1.02. The Labute approximate surface area is 170 Å². The first-order valence-electron chi connectivity index (χ1n) is 8.10. The van der Waals surface area contributed by atoms with E-state index in [0.717, 1.165) is 21.3 Å². The third-order valence-corrected chi connectivity index (χ3v) is 6.48. The molecule has 2 amide bonds. The molecule has 7 heteroatoms. The lowest BCUT2D eigenvalue weighted by Gasteiger charge is -2.18. The summed E-state index contributed by atoms with van der Waals surface area (Å²) in [5.74, 6) is -0.764. The Balaban J connectivity index is 1.76. The van der Waals surface area contributed by atoms with Crippen molar-refractivity contribution in [3.63, 3.8) is 0 Å². The van der Waals surface area contributed by atoms with E-state index >= 15 is 0 Å². The van der Waals surface area contributed by atoms with Crippen molar-refractivity contribution in [2.24, 2.45) is 5.92 Å². The molecule has 0 spiro atoms. The molecule has 0 bridgehead atoms. The second kappa shape index (κ2) is 7.59. The summed E-state index contributed by atoms with van der Waals surface area (Å²) in [7, 11) is 0. The smallest absolute Gasteiger partial charge is 0.229 e. The molecule has 4 nitrogen and oxygen atoms in total. The van der Waals surface area contributed by atoms with Crippen molar-refractivity contribution in [2.45, 2.75) is 20.3 Å². The maximum atomic E-state index is 12.6. The first kappa shape index (κ1) is 19.2. The number of rotatable bonds is 3. The molecule has 0 aromatic heterocycles. The van der Waals surface area contributed by atoms with Gasteiger partial charge in [-0.05, 0) is 49.2 Å². The van der Waals surface area contributed by atoms with Crippen LogP contribution in [0.3, 0.4) is 0 Å². The molecule has 0 aliphatic carbocycles. The zero-order valence-corrected chi connectivity index (χ0v) is 17.4. The minimum absolute atomic E-state index is 0.141. The molecule has 1 N–H and O–H groups in total. The lowest BCUT2D eigenvalue weighted by molar-refractivity contribution is -0.122. The Morgan fingerprint density at radius 3 is 2.54 bits per heavy atom. The van der Waals surface area contributed by atoms with Gasteiger partial charge in [-0.2, -0.15) is 0 Å². The number of carbonyl (C=O) groups is 2. The van der Waals surface area contributed by atoms with Crippen LogP contribution in [0.5, 0.6) is 0 Å². The van der Waals surface area contributed by atoms with Gasteiger partial charge >= 0.3 is 0 Å². The molecule has 1 fully saturated rings. The van der Waals surface area contributed by atoms with Gasteiger partial charge in [-0.3, -0.25) is 9.59 Å². The summed E-state index contributed by atoms with van der Waals surface area (Å²) in [5, 5.41) is 3.62. The van der Waals surface area contributed by atoms with Gasteiger partial charge in [0.1, 0.15) is 0 Å². The molecule has 1 saturated heterocycles. The van der Waals surface area contributed by atoms with Gasteiger partial charge in [-0.15, -0.1) is 0 Å². The number of hydrogen-bond acceptors (Lipinski definition) is 2. The van der Waals surface area contributed by atoms with Crippen LogP contribution in [0.4, 0.5) is 11.4 Å². The Kier molecular flexibility index (Phi) is 5.61. The zero-order chi connectivity index (χ0) is 19.0. The second-order valence-electron chi connectivity index (χ2n) is 6.39. The van der Waals surface area contributed by atoms with Gasteiger partial charge in [0.15, 0.2) is 0 Å². The number of anilines is 2. The van der Waals surface area contributed by atoms with Crippen LogP contribution in [0, 0.1) is 19.8 Å². The molecular formula is C19H17BrCl2N2O2. The molecule has 1 aliphatic heterocycles. The van der Waals surface area contributed by atoms with Crippen LogP contribution in [0.25, 0.3) is 0 Å². The average molecular weight is 456 g/mol. The third kappa shape index (κ3) is 3.75. The second-order valence-corrected chi connectivity index (χ2v) is 7.97. The van der Waals surface area contributed by atoms with Crippen molar-refractivity contribution in [1.82, 2.24) is 0 Å². The van der Waals surface area contributed by atoms with Crippen molar-refractivity contribution < 1.29 is 9.59 Å². The van der Waals surface area contributed by atoms with E-state index in [1.807, 2.05) is 26.0 Å². The molecule has 2 aromatic carbocycles. The van der Waals surface area contributed by atoms with E-state index in [2.05, 4.69) is 21.2 Å². The summed E-state index contributed by atoms with van der Waals surface area (Å²) in [6.07, 6.45) is 0.142. The van der Waals surface area contributed by atoms with E-state index in [-0.39, 0.29) is 24.8 Å². The van der Waals surface area contributed by atoms with E-state index in [1.165, 1.54) is 4.90 Å². The van der Waals surface area contributed by atoms with Gasteiger partial charge in [0.25, 0.3) is 0 Å². The predicted octanol–water partition coefficient (Wildman–Crippen LogP) is 5.36. The lowest BCUT2D eigenvalue weighted by atomic mass is 10.1. The summed E-state index contributed by atoms with van der Waals surface area (Å²) >= 11 is 15.8. The van der Waals surface area contributed by atoms with Gasteiger partial charge in [0, 0.05) is 23.1 Å². The maximum Gasteiger partial charge on any atom is 0.229 e. The molecule has 0 radical (unpaired) electrons. The number of nitrogens with zero attached hydrogens (tertiary/aromatic N) is 1. The van der Waals surface area contributed by atoms with Crippen molar-refractivity contribution in [2.75, 3.05) is 16.8 Å². The highest BCUT2D eigenvalue weighted by Crippen LogP contribution is 2.36. The lowest BCUT2D eigenvalue weighted by Crippen LogP contribution is -2.28. The normalized spacial score (nSPS) is 16.9. The number of benzene rings is 2. The number of nitrogens with one attached hydrogen (secondary N) is 1. The maximum absolute atomic E-state index is 12.6. The number of amides is 2. The Morgan fingerprint density at radius 1 is 1.23 bits per heavy atom. The summed E-state index contributed by atoms with van der Waals surface area (Å²) in [6.45, 7) is 4.21. The number of hydrogen-bond donors (Lipinski definition) is 1. The fraction of sp³-hybridized carbons (Fsp3) is 0.263. The predicted molar refractivity (Wildman–Crippen MR) is 109 cm³/mol. The molecule has 1 aliphatic rings. The third-order valence-electron chi connectivity index (χ3n) is 4.42. The Morgan fingerprint density at radius 2 is 1.88 bits per heavy atom. The highest BCUT2D eigenvalue weighted by atomic mass is 79.9. The monoisotopic (exact) mass is 454 g/mol. The van der Waals surface area contributed by atoms with Gasteiger partial charge in [-0.25, -0.2) is 0 Å². The van der Waals surface area contributed by atoms with E-state index in [9.17, 15) is 9.59 Å². The molecule has 1 heterocycles. The van der Waals surface area contributed by atoms with Gasteiger partial charge in [-0.1, -0.05) is 45.2 Å². The van der Waals surface area contributed by atoms with E-state index in [0.29, 0.717) is 15.7 Å². The Bertz CT molecular complexity index is 878. The Hall–Kier alpha value is -1.56. The van der Waals surface area contributed by atoms with Crippen LogP contribution in [0.2, 0.25) is 10.0 Å². The largest absolute Gasteiger partial charge is 0.326 e. The fourth-order valence-corrected chi connectivity index (χ4v) is 3.71. The van der Waals surface area contributed by atoms with Gasteiger partial charge < -0.3 is 10.2 Å². The van der Waals surface area contributed by atoms with Crippen LogP contribution in [0.1, 0.15) is 17.5 Å². The van der Waals surface area contributed by atoms with E-state index < -0.39 is 5.92 Å². The summed E-state index contributed by atoms with van der Waals surface area (Å²) in [5.41, 5.74) is 3.33. The van der Waals surface area contributed by atoms with Gasteiger partial charge in [0.05, 0.1) is 21.7 Å². The number of aryl methyl sites for hydroxylation is 2. The molecule has 136 valence electrons. The molecule has 1 atom stereocenters. The van der Waals surface area contributed by atoms with Crippen LogP contribution >= 0.6 is 39.1 Å². The van der Waals surface area contributed by atoms with Crippen molar-refractivity contribution in [3.8, 4) is 0 Å². The molecule has 2 aromatic rings. The number of carbonyl (C=O) groups excluding carboxylic acids is 2. The van der Waals surface area contributed by atoms with Crippen LogP contribution in [-0.4, -0.2) is 18.4 Å². The highest BCUT2D eigenvalue weighted by molar-refractivity contribution is 9.10. The average Bonchev–Trinajstić information content (AvgIpc) is 2.97.